The summed E-state index contributed by atoms with van der Waals surface area (Å²) in [6.07, 6.45) is 10.0. The summed E-state index contributed by atoms with van der Waals surface area (Å²) < 4.78 is 0. The summed E-state index contributed by atoms with van der Waals surface area (Å²) in [4.78, 5) is 0. The van der Waals surface area contributed by atoms with Crippen LogP contribution in [0, 0.1) is 12.0 Å². The monoisotopic (exact) mass is 278 g/mol. The van der Waals surface area contributed by atoms with Gasteiger partial charge in [-0.3, -0.25) is 6.08 Å². The van der Waals surface area contributed by atoms with Gasteiger partial charge in [0.15, 0.2) is 0 Å². The van der Waals surface area contributed by atoms with Crippen molar-refractivity contribution in [3.05, 3.63) is 30.2 Å². The van der Waals surface area contributed by atoms with E-state index in [0.717, 1.165) is 6.42 Å². The topological polar surface area (TPSA) is 0 Å². The van der Waals surface area contributed by atoms with E-state index in [-0.39, 0.29) is 55.8 Å². The molecule has 1 aliphatic carbocycles. The van der Waals surface area contributed by atoms with Gasteiger partial charge in [-0.25, -0.2) is 12.2 Å². The van der Waals surface area contributed by atoms with Crippen molar-refractivity contribution in [2.45, 2.75) is 27.2 Å². The molecular weight excluding hydrogens is 265 g/mol. The molecular formula is C9H14Cl3V-5. The van der Waals surface area contributed by atoms with Crippen LogP contribution < -0.4 is 37.2 Å². The van der Waals surface area contributed by atoms with Crippen molar-refractivity contribution in [1.82, 2.24) is 0 Å². The molecule has 81 valence electrons. The van der Waals surface area contributed by atoms with Crippen molar-refractivity contribution >= 4 is 0 Å². The molecule has 0 heterocycles. The van der Waals surface area contributed by atoms with Crippen molar-refractivity contribution in [2.24, 2.45) is 0 Å². The smallest absolute Gasteiger partial charge is 0 e. The molecule has 0 aliphatic heterocycles. The van der Waals surface area contributed by atoms with Gasteiger partial charge >= 0.3 is 0 Å². The predicted octanol–water partition coefficient (Wildman–Crippen LogP) is -6.06. The molecule has 1 aliphatic rings. The van der Waals surface area contributed by atoms with Crippen LogP contribution in [0.4, 0.5) is 0 Å². The first-order valence-electron chi connectivity index (χ1n) is 3.22. The molecule has 0 fully saturated rings. The van der Waals surface area contributed by atoms with Crippen molar-refractivity contribution in [3.8, 4) is 0 Å². The first kappa shape index (κ1) is 29.2. The zero-order chi connectivity index (χ0) is 7.11. The molecule has 0 unspecified atom stereocenters. The molecule has 0 saturated heterocycles. The Morgan fingerprint density at radius 2 is 1.46 bits per heavy atom. The minimum atomic E-state index is 0. The number of hydrogen-bond donors (Lipinski definition) is 0. The molecule has 0 atom stereocenters. The molecule has 0 spiro atoms. The summed E-state index contributed by atoms with van der Waals surface area (Å²) in [5, 5.41) is 0. The molecule has 0 aromatic rings. The normalized spacial score (nSPS) is 9.54. The molecule has 0 bridgehead atoms. The van der Waals surface area contributed by atoms with E-state index in [1.807, 2.05) is 12.2 Å². The summed E-state index contributed by atoms with van der Waals surface area (Å²) in [6.45, 7) is 6.25. The van der Waals surface area contributed by atoms with E-state index in [2.05, 4.69) is 32.9 Å². The third kappa shape index (κ3) is 43.9. The Balaban J connectivity index is -0.0000000256. The third-order valence-electron chi connectivity index (χ3n) is 0.586. The predicted molar refractivity (Wildman–Crippen MR) is 41.8 cm³/mol. The van der Waals surface area contributed by atoms with Crippen LogP contribution in [-0.4, -0.2) is 0 Å². The summed E-state index contributed by atoms with van der Waals surface area (Å²) in [5.41, 5.74) is 0. The summed E-state index contributed by atoms with van der Waals surface area (Å²) in [6, 6.07) is 0. The van der Waals surface area contributed by atoms with Gasteiger partial charge in [-0.15, -0.1) is 6.42 Å². The van der Waals surface area contributed by atoms with Crippen LogP contribution in [0.2, 0.25) is 0 Å². The molecule has 4 heteroatoms. The summed E-state index contributed by atoms with van der Waals surface area (Å²) in [7, 11) is 0. The van der Waals surface area contributed by atoms with E-state index in [0.29, 0.717) is 0 Å². The second-order valence-corrected chi connectivity index (χ2v) is 2.50. The maximum atomic E-state index is 2.99. The Morgan fingerprint density at radius 3 is 1.54 bits per heavy atom. The van der Waals surface area contributed by atoms with Gasteiger partial charge in [-0.05, 0) is 0 Å². The standard InChI is InChI=1S/C5H5.C4H9.3ClH.V/c1-2-4-5-3-1;1-4(2)3;;;;/h1-3H,4H2;1-3H3;3*1H;/q2*-1;;;;/p-3. The van der Waals surface area contributed by atoms with Crippen molar-refractivity contribution < 1.29 is 55.8 Å². The molecule has 1 radical (unpaired) electrons. The van der Waals surface area contributed by atoms with Gasteiger partial charge < -0.3 is 43.1 Å². The van der Waals surface area contributed by atoms with E-state index in [9.17, 15) is 0 Å². The number of hydrogen-bond acceptors (Lipinski definition) is 0. The van der Waals surface area contributed by atoms with Crippen LogP contribution in [-0.2, 0) is 18.6 Å². The van der Waals surface area contributed by atoms with Crippen LogP contribution in [0.3, 0.4) is 0 Å². The molecule has 0 nitrogen and oxygen atoms in total. The van der Waals surface area contributed by atoms with E-state index in [4.69, 9.17) is 0 Å². The fourth-order valence-corrected chi connectivity index (χ4v) is 0.340. The minimum Gasteiger partial charge on any atom is -1.00 e. The molecule has 0 aromatic heterocycles. The third-order valence-corrected chi connectivity index (χ3v) is 0.586. The van der Waals surface area contributed by atoms with E-state index < -0.39 is 0 Å². The van der Waals surface area contributed by atoms with E-state index in [1.54, 1.807) is 0 Å². The Kier molecular flexibility index (Phi) is 51.8. The van der Waals surface area contributed by atoms with Gasteiger partial charge in [0.25, 0.3) is 0 Å². The van der Waals surface area contributed by atoms with Crippen LogP contribution in [0.5, 0.6) is 0 Å². The Bertz CT molecular complexity index is 98.7. The number of halogens is 3. The molecule has 0 N–H and O–H groups in total. The second-order valence-electron chi connectivity index (χ2n) is 2.50. The van der Waals surface area contributed by atoms with E-state index in [1.165, 1.54) is 5.92 Å². The maximum absolute atomic E-state index is 2.99. The number of allylic oxidation sites excluding steroid dienone is 4. The van der Waals surface area contributed by atoms with Crippen LogP contribution in [0.15, 0.2) is 18.2 Å². The molecule has 0 amide bonds. The molecule has 13 heavy (non-hydrogen) atoms. The Labute approximate surface area is 113 Å². The van der Waals surface area contributed by atoms with Crippen LogP contribution >= 0.6 is 0 Å². The van der Waals surface area contributed by atoms with Crippen LogP contribution in [0.25, 0.3) is 0 Å². The Hall–Kier alpha value is 0.934. The van der Waals surface area contributed by atoms with Crippen molar-refractivity contribution in [1.29, 1.82) is 0 Å². The summed E-state index contributed by atoms with van der Waals surface area (Å²) in [5.74, 6) is 1.42. The largest absolute Gasteiger partial charge is 1.00 e. The quantitative estimate of drug-likeness (QED) is 0.387. The maximum Gasteiger partial charge on any atom is 0 e. The second kappa shape index (κ2) is 23.1. The fraction of sp³-hybridized carbons (Fsp3) is 0.444. The zero-order valence-corrected chi connectivity index (χ0v) is 11.7. The van der Waals surface area contributed by atoms with E-state index >= 15 is 0 Å². The first-order chi connectivity index (χ1) is 4.23. The zero-order valence-electron chi connectivity index (χ0n) is 8.02. The van der Waals surface area contributed by atoms with Crippen molar-refractivity contribution in [2.75, 3.05) is 0 Å². The average molecular weight is 280 g/mol. The van der Waals surface area contributed by atoms with Crippen molar-refractivity contribution in [3.63, 3.8) is 0 Å². The average Bonchev–Trinajstić information content (AvgIpc) is 2.11. The molecule has 0 aromatic carbocycles. The Morgan fingerprint density at radius 1 is 1.08 bits per heavy atom. The molecule has 0 saturated carbocycles. The van der Waals surface area contributed by atoms with Gasteiger partial charge in [0.2, 0.25) is 0 Å². The van der Waals surface area contributed by atoms with Gasteiger partial charge in [-0.1, -0.05) is 0 Å². The van der Waals surface area contributed by atoms with Gasteiger partial charge in [-0.2, -0.15) is 26.8 Å². The van der Waals surface area contributed by atoms with Gasteiger partial charge in [0.05, 0.1) is 0 Å². The summed E-state index contributed by atoms with van der Waals surface area (Å²) >= 11 is 0. The van der Waals surface area contributed by atoms with Gasteiger partial charge in [0, 0.05) is 18.6 Å². The minimum absolute atomic E-state index is 0. The number of rotatable bonds is 0. The van der Waals surface area contributed by atoms with Crippen LogP contribution in [0.1, 0.15) is 27.2 Å². The van der Waals surface area contributed by atoms with Gasteiger partial charge in [0.1, 0.15) is 0 Å². The SMILES string of the molecule is C[C-](C)C.[C-]1=CC=CC1.[Cl-].[Cl-].[Cl-].[V]. The molecule has 1 rings (SSSR count). The first-order valence-corrected chi connectivity index (χ1v) is 3.22. The fourth-order valence-electron chi connectivity index (χ4n) is 0.340.